The number of nitrogens with zero attached hydrogens (tertiary/aromatic N) is 2. The van der Waals surface area contributed by atoms with Crippen LogP contribution in [0.5, 0.6) is 5.88 Å². The minimum atomic E-state index is -0.402. The highest BCUT2D eigenvalue weighted by molar-refractivity contribution is 5.92. The quantitative estimate of drug-likeness (QED) is 0.809. The van der Waals surface area contributed by atoms with E-state index in [2.05, 4.69) is 9.97 Å². The average Bonchev–Trinajstić information content (AvgIpc) is 3.07. The number of ether oxygens (including phenoxy) is 3. The van der Waals surface area contributed by atoms with Gasteiger partial charge in [-0.25, -0.2) is 9.78 Å². The second-order valence-electron chi connectivity index (χ2n) is 5.07. The Morgan fingerprint density at radius 1 is 1.41 bits per heavy atom. The molecule has 0 saturated carbocycles. The summed E-state index contributed by atoms with van der Waals surface area (Å²) in [6.07, 6.45) is 3.48. The van der Waals surface area contributed by atoms with Crippen LogP contribution in [-0.2, 0) is 9.47 Å². The van der Waals surface area contributed by atoms with Crippen LogP contribution in [0.2, 0.25) is 0 Å². The van der Waals surface area contributed by atoms with Crippen LogP contribution in [-0.4, -0.2) is 36.3 Å². The van der Waals surface area contributed by atoms with Crippen molar-refractivity contribution in [2.45, 2.75) is 25.9 Å². The predicted octanol–water partition coefficient (Wildman–Crippen LogP) is 2.67. The molecule has 1 aliphatic heterocycles. The molecule has 0 aromatic carbocycles. The summed E-state index contributed by atoms with van der Waals surface area (Å²) >= 11 is 0. The molecule has 0 radical (unpaired) electrons. The number of pyridine rings is 2. The Morgan fingerprint density at radius 3 is 2.95 bits per heavy atom. The van der Waals surface area contributed by atoms with Gasteiger partial charge in [0.1, 0.15) is 0 Å². The molecule has 1 unspecified atom stereocenters. The van der Waals surface area contributed by atoms with Crippen LogP contribution in [0.1, 0.15) is 41.8 Å². The van der Waals surface area contributed by atoms with E-state index in [0.717, 1.165) is 25.0 Å². The molecule has 6 heteroatoms. The van der Waals surface area contributed by atoms with E-state index in [4.69, 9.17) is 14.2 Å². The van der Waals surface area contributed by atoms with Gasteiger partial charge in [0, 0.05) is 18.4 Å². The number of rotatable bonds is 4. The van der Waals surface area contributed by atoms with Crippen molar-refractivity contribution in [3.63, 3.8) is 0 Å². The molecule has 0 bridgehead atoms. The van der Waals surface area contributed by atoms with Gasteiger partial charge in [-0.05, 0) is 31.9 Å². The number of hydrogen-bond acceptors (Lipinski definition) is 6. The highest BCUT2D eigenvalue weighted by Crippen LogP contribution is 2.35. The second-order valence-corrected chi connectivity index (χ2v) is 5.07. The normalized spacial score (nSPS) is 17.6. The molecular weight excluding hydrogens is 284 g/mol. The van der Waals surface area contributed by atoms with Gasteiger partial charge < -0.3 is 14.2 Å². The van der Waals surface area contributed by atoms with Gasteiger partial charge in [0.15, 0.2) is 0 Å². The molecular formula is C16H18N2O4. The molecule has 116 valence electrons. The van der Waals surface area contributed by atoms with E-state index < -0.39 is 5.97 Å². The van der Waals surface area contributed by atoms with E-state index in [1.807, 2.05) is 6.07 Å². The minimum absolute atomic E-state index is 0.00150. The number of esters is 1. The van der Waals surface area contributed by atoms with Gasteiger partial charge in [0.05, 0.1) is 36.4 Å². The Bertz CT molecular complexity index is 696. The van der Waals surface area contributed by atoms with Crippen molar-refractivity contribution in [2.75, 3.05) is 20.3 Å². The van der Waals surface area contributed by atoms with E-state index in [9.17, 15) is 4.79 Å². The van der Waals surface area contributed by atoms with Gasteiger partial charge in [-0.1, -0.05) is 0 Å². The number of hydrogen-bond donors (Lipinski definition) is 0. The standard InChI is InChI=1S/C16H18N2O4/c1-3-21-16(19)10-7-13-12(17-9-10)8-11(15(18-13)20-2)14-5-4-6-22-14/h7-9,14H,3-6H2,1-2H3. The zero-order valence-electron chi connectivity index (χ0n) is 12.7. The number of methoxy groups -OCH3 is 1. The molecule has 3 rings (SSSR count). The summed E-state index contributed by atoms with van der Waals surface area (Å²) in [5.74, 6) is 0.114. The van der Waals surface area contributed by atoms with E-state index in [1.165, 1.54) is 6.20 Å². The Hall–Kier alpha value is -2.21. The Morgan fingerprint density at radius 2 is 2.27 bits per heavy atom. The van der Waals surface area contributed by atoms with E-state index >= 15 is 0 Å². The van der Waals surface area contributed by atoms with Crippen LogP contribution >= 0.6 is 0 Å². The van der Waals surface area contributed by atoms with E-state index in [-0.39, 0.29) is 6.10 Å². The average molecular weight is 302 g/mol. The molecule has 1 fully saturated rings. The monoisotopic (exact) mass is 302 g/mol. The third-order valence-electron chi connectivity index (χ3n) is 3.64. The van der Waals surface area contributed by atoms with Gasteiger partial charge in [0.25, 0.3) is 0 Å². The second kappa shape index (κ2) is 6.27. The minimum Gasteiger partial charge on any atom is -0.481 e. The number of fused-ring (bicyclic) bond motifs is 1. The van der Waals surface area contributed by atoms with Gasteiger partial charge in [-0.3, -0.25) is 4.98 Å². The molecule has 0 aliphatic carbocycles. The largest absolute Gasteiger partial charge is 0.481 e. The molecule has 2 aromatic heterocycles. The molecule has 0 N–H and O–H groups in total. The van der Waals surface area contributed by atoms with Crippen molar-refractivity contribution in [2.24, 2.45) is 0 Å². The highest BCUT2D eigenvalue weighted by Gasteiger charge is 2.23. The molecule has 3 heterocycles. The van der Waals surface area contributed by atoms with Crippen molar-refractivity contribution < 1.29 is 19.0 Å². The van der Waals surface area contributed by atoms with Crippen molar-refractivity contribution in [3.05, 3.63) is 29.5 Å². The third kappa shape index (κ3) is 2.74. The predicted molar refractivity (Wildman–Crippen MR) is 80.0 cm³/mol. The first kappa shape index (κ1) is 14.7. The lowest BCUT2D eigenvalue weighted by Crippen LogP contribution is -2.06. The van der Waals surface area contributed by atoms with E-state index in [1.54, 1.807) is 20.1 Å². The summed E-state index contributed by atoms with van der Waals surface area (Å²) in [6.45, 7) is 2.84. The fraction of sp³-hybridized carbons (Fsp3) is 0.438. The lowest BCUT2D eigenvalue weighted by Gasteiger charge is -2.14. The van der Waals surface area contributed by atoms with Crippen LogP contribution in [0, 0.1) is 0 Å². The molecule has 22 heavy (non-hydrogen) atoms. The molecule has 1 saturated heterocycles. The number of aromatic nitrogens is 2. The fourth-order valence-electron chi connectivity index (χ4n) is 2.59. The van der Waals surface area contributed by atoms with Crippen molar-refractivity contribution in [1.29, 1.82) is 0 Å². The van der Waals surface area contributed by atoms with Crippen molar-refractivity contribution in [3.8, 4) is 5.88 Å². The molecule has 1 aliphatic rings. The molecule has 2 aromatic rings. The topological polar surface area (TPSA) is 70.5 Å². The maximum atomic E-state index is 11.8. The van der Waals surface area contributed by atoms with Crippen LogP contribution in [0.4, 0.5) is 0 Å². The first-order valence-corrected chi connectivity index (χ1v) is 7.36. The molecule has 6 nitrogen and oxygen atoms in total. The summed E-state index contributed by atoms with van der Waals surface area (Å²) in [7, 11) is 1.58. The number of carbonyl (C=O) groups is 1. The molecule has 1 atom stereocenters. The highest BCUT2D eigenvalue weighted by atomic mass is 16.5. The van der Waals surface area contributed by atoms with E-state index in [0.29, 0.717) is 29.1 Å². The lowest BCUT2D eigenvalue weighted by molar-refractivity contribution is 0.0526. The Balaban J connectivity index is 2.03. The summed E-state index contributed by atoms with van der Waals surface area (Å²) < 4.78 is 16.1. The van der Waals surface area contributed by atoms with Crippen molar-refractivity contribution in [1.82, 2.24) is 9.97 Å². The summed E-state index contributed by atoms with van der Waals surface area (Å²) in [4.78, 5) is 20.6. The first-order chi connectivity index (χ1) is 10.7. The zero-order chi connectivity index (χ0) is 15.5. The first-order valence-electron chi connectivity index (χ1n) is 7.36. The SMILES string of the molecule is CCOC(=O)c1cnc2cc(C3CCCO3)c(OC)nc2c1. The Labute approximate surface area is 128 Å². The number of carbonyl (C=O) groups excluding carboxylic acids is 1. The maximum absolute atomic E-state index is 11.8. The maximum Gasteiger partial charge on any atom is 0.339 e. The van der Waals surface area contributed by atoms with Gasteiger partial charge >= 0.3 is 5.97 Å². The van der Waals surface area contributed by atoms with Crippen LogP contribution in [0.15, 0.2) is 18.3 Å². The third-order valence-corrected chi connectivity index (χ3v) is 3.64. The summed E-state index contributed by atoms with van der Waals surface area (Å²) in [5.41, 5.74) is 2.60. The van der Waals surface area contributed by atoms with Gasteiger partial charge in [-0.2, -0.15) is 0 Å². The van der Waals surface area contributed by atoms with Crippen molar-refractivity contribution >= 4 is 17.0 Å². The summed E-state index contributed by atoms with van der Waals surface area (Å²) in [5, 5.41) is 0. The van der Waals surface area contributed by atoms with Crippen LogP contribution in [0.3, 0.4) is 0 Å². The van der Waals surface area contributed by atoms with Gasteiger partial charge in [0.2, 0.25) is 5.88 Å². The molecule has 0 spiro atoms. The lowest BCUT2D eigenvalue weighted by atomic mass is 10.1. The molecule has 0 amide bonds. The smallest absolute Gasteiger partial charge is 0.339 e. The fourth-order valence-corrected chi connectivity index (χ4v) is 2.59. The Kier molecular flexibility index (Phi) is 4.20. The van der Waals surface area contributed by atoms with Crippen LogP contribution in [0.25, 0.3) is 11.0 Å². The zero-order valence-corrected chi connectivity index (χ0v) is 12.7. The van der Waals surface area contributed by atoms with Gasteiger partial charge in [-0.15, -0.1) is 0 Å². The summed E-state index contributed by atoms with van der Waals surface area (Å²) in [6, 6.07) is 3.59. The van der Waals surface area contributed by atoms with Crippen LogP contribution < -0.4 is 4.74 Å².